The van der Waals surface area contributed by atoms with Crippen LogP contribution in [-0.4, -0.2) is 88.1 Å². The van der Waals surface area contributed by atoms with Gasteiger partial charge in [-0.05, 0) is 63.4 Å². The number of aromatic nitrogens is 1. The summed E-state index contributed by atoms with van der Waals surface area (Å²) in [7, 11) is 0. The maximum atomic E-state index is 14.5. The van der Waals surface area contributed by atoms with Crippen molar-refractivity contribution in [3.63, 3.8) is 0 Å². The predicted molar refractivity (Wildman–Crippen MR) is 158 cm³/mol. The summed E-state index contributed by atoms with van der Waals surface area (Å²) in [5.41, 5.74) is 2.65. The zero-order valence-electron chi connectivity index (χ0n) is 23.6. The molecule has 2 aromatic rings. The Labute approximate surface area is 239 Å². The number of thiazole rings is 1. The van der Waals surface area contributed by atoms with Crippen molar-refractivity contribution in [3.8, 4) is 11.3 Å². The Bertz CT molecular complexity index is 1270. The van der Waals surface area contributed by atoms with Gasteiger partial charge in [-0.1, -0.05) is 6.92 Å². The van der Waals surface area contributed by atoms with Crippen molar-refractivity contribution >= 4 is 28.3 Å². The van der Waals surface area contributed by atoms with Crippen LogP contribution in [0.3, 0.4) is 0 Å². The first-order valence-corrected chi connectivity index (χ1v) is 15.1. The molecule has 0 spiro atoms. The van der Waals surface area contributed by atoms with E-state index < -0.39 is 5.97 Å². The van der Waals surface area contributed by atoms with Gasteiger partial charge in [0.1, 0.15) is 23.6 Å². The zero-order valence-corrected chi connectivity index (χ0v) is 24.4. The topological polar surface area (TPSA) is 96.3 Å². The van der Waals surface area contributed by atoms with Crippen LogP contribution in [0, 0.1) is 5.82 Å². The minimum Gasteiger partial charge on any atom is -0.481 e. The summed E-state index contributed by atoms with van der Waals surface area (Å²) in [5, 5.41) is 16.7. The Morgan fingerprint density at radius 1 is 1.23 bits per heavy atom. The Morgan fingerprint density at radius 3 is 2.73 bits per heavy atom. The van der Waals surface area contributed by atoms with Crippen molar-refractivity contribution in [2.75, 3.05) is 44.6 Å². The largest absolute Gasteiger partial charge is 0.481 e. The molecule has 0 amide bonds. The van der Waals surface area contributed by atoms with Crippen LogP contribution in [0.4, 0.5) is 9.52 Å². The number of carboxylic acids is 1. The molecular formula is C29H40FN7O2S. The highest BCUT2D eigenvalue weighted by Crippen LogP contribution is 2.35. The molecule has 2 saturated heterocycles. The lowest BCUT2D eigenvalue weighted by molar-refractivity contribution is -0.137. The molecule has 2 fully saturated rings. The van der Waals surface area contributed by atoms with Crippen LogP contribution < -0.4 is 10.6 Å². The van der Waals surface area contributed by atoms with Gasteiger partial charge in [0.2, 0.25) is 0 Å². The fraction of sp³-hybridized carbons (Fsp3) is 0.552. The first kappa shape index (κ1) is 28.5. The van der Waals surface area contributed by atoms with Gasteiger partial charge in [0.25, 0.3) is 0 Å². The van der Waals surface area contributed by atoms with Gasteiger partial charge in [0, 0.05) is 61.8 Å². The van der Waals surface area contributed by atoms with Crippen LogP contribution >= 0.6 is 11.3 Å². The second-order valence-electron chi connectivity index (χ2n) is 10.9. The molecule has 4 heterocycles. The number of carboxylic acid groups (broad SMARTS) is 1. The van der Waals surface area contributed by atoms with Gasteiger partial charge in [-0.25, -0.2) is 14.4 Å². The average molecular weight is 570 g/mol. The van der Waals surface area contributed by atoms with E-state index in [4.69, 9.17) is 15.1 Å². The Morgan fingerprint density at radius 2 is 2.02 bits per heavy atom. The number of nitrogens with one attached hydrogen (secondary N) is 2. The first-order valence-electron chi connectivity index (χ1n) is 14.3. The minimum atomic E-state index is -0.760. The average Bonchev–Trinajstić information content (AvgIpc) is 3.52. The van der Waals surface area contributed by atoms with E-state index in [0.29, 0.717) is 12.6 Å². The highest BCUT2D eigenvalue weighted by Gasteiger charge is 2.26. The molecule has 9 nitrogen and oxygen atoms in total. The van der Waals surface area contributed by atoms with E-state index in [-0.39, 0.29) is 18.4 Å². The number of anilines is 1. The van der Waals surface area contributed by atoms with E-state index in [1.54, 1.807) is 23.5 Å². The molecule has 40 heavy (non-hydrogen) atoms. The summed E-state index contributed by atoms with van der Waals surface area (Å²) < 4.78 is 14.5. The van der Waals surface area contributed by atoms with E-state index in [2.05, 4.69) is 44.4 Å². The minimum absolute atomic E-state index is 0.166. The van der Waals surface area contributed by atoms with Gasteiger partial charge in [0.15, 0.2) is 5.13 Å². The molecule has 0 radical (unpaired) electrons. The van der Waals surface area contributed by atoms with Gasteiger partial charge in [-0.2, -0.15) is 0 Å². The van der Waals surface area contributed by atoms with Gasteiger partial charge in [-0.3, -0.25) is 14.6 Å². The normalized spacial score (nSPS) is 22.1. The van der Waals surface area contributed by atoms with E-state index >= 15 is 0 Å². The van der Waals surface area contributed by atoms with E-state index in [9.17, 15) is 9.18 Å². The summed E-state index contributed by atoms with van der Waals surface area (Å²) in [4.78, 5) is 28.7. The summed E-state index contributed by atoms with van der Waals surface area (Å²) in [6, 6.07) is 5.78. The number of aliphatic carboxylic acids is 1. The molecule has 3 N–H and O–H groups in total. The molecule has 0 saturated carbocycles. The van der Waals surface area contributed by atoms with Crippen molar-refractivity contribution in [2.24, 2.45) is 4.99 Å². The van der Waals surface area contributed by atoms with Crippen LogP contribution in [-0.2, 0) is 17.8 Å². The fourth-order valence-corrected chi connectivity index (χ4v) is 6.69. The van der Waals surface area contributed by atoms with Gasteiger partial charge in [0.05, 0.1) is 12.1 Å². The molecule has 1 unspecified atom stereocenters. The van der Waals surface area contributed by atoms with E-state index in [1.165, 1.54) is 12.8 Å². The van der Waals surface area contributed by atoms with Crippen molar-refractivity contribution in [1.29, 1.82) is 0 Å². The van der Waals surface area contributed by atoms with Crippen molar-refractivity contribution < 1.29 is 14.3 Å². The molecule has 0 aliphatic carbocycles. The number of hydrogen-bond acceptors (Lipinski definition) is 9. The lowest BCUT2D eigenvalue weighted by Crippen LogP contribution is -2.48. The molecule has 0 bridgehead atoms. The number of amidine groups is 1. The molecule has 216 valence electrons. The van der Waals surface area contributed by atoms with Crippen LogP contribution in [0.1, 0.15) is 50.5 Å². The molecule has 2 atom stereocenters. The van der Waals surface area contributed by atoms with Gasteiger partial charge < -0.3 is 20.6 Å². The van der Waals surface area contributed by atoms with E-state index in [1.807, 2.05) is 13.8 Å². The molecule has 1 aromatic carbocycles. The first-order chi connectivity index (χ1) is 19.3. The lowest BCUT2D eigenvalue weighted by atomic mass is 10.1. The molecular weight excluding hydrogens is 529 g/mol. The highest BCUT2D eigenvalue weighted by atomic mass is 32.1. The Balaban J connectivity index is 1.34. The van der Waals surface area contributed by atoms with Crippen LogP contribution in [0.25, 0.3) is 11.3 Å². The Kier molecular flexibility index (Phi) is 9.02. The number of hydrogen-bond donors (Lipinski definition) is 3. The fourth-order valence-electron chi connectivity index (χ4n) is 5.65. The Hall–Kier alpha value is -3.02. The molecule has 3 aliphatic rings. The summed E-state index contributed by atoms with van der Waals surface area (Å²) in [5.74, 6) is 0.745. The van der Waals surface area contributed by atoms with Crippen molar-refractivity contribution in [1.82, 2.24) is 25.0 Å². The van der Waals surface area contributed by atoms with Gasteiger partial charge in [-0.15, -0.1) is 11.3 Å². The number of carbonyl (C=O) groups is 1. The molecule has 11 heteroatoms. The predicted octanol–water partition coefficient (Wildman–Crippen LogP) is 4.19. The van der Waals surface area contributed by atoms with Crippen LogP contribution in [0.2, 0.25) is 0 Å². The third-order valence-corrected chi connectivity index (χ3v) is 8.92. The number of piperazine rings is 1. The lowest BCUT2D eigenvalue weighted by Gasteiger charge is -2.37. The maximum Gasteiger partial charge on any atom is 0.304 e. The number of likely N-dealkylation sites (tertiary alicyclic amines) is 1. The van der Waals surface area contributed by atoms with Crippen LogP contribution in [0.15, 0.2) is 35.1 Å². The number of aliphatic imine (C=N–C) groups is 1. The number of nitrogens with zero attached hydrogens (tertiary/aromatic N) is 5. The molecule has 1 aromatic heterocycles. The summed E-state index contributed by atoms with van der Waals surface area (Å²) in [6.45, 7) is 11.9. The number of aryl methyl sites for hydroxylation is 1. The standard InChI is InChI=1S/C29H40FN7O2S/c1-4-21-14-22(16-23(30)15-21)28-24(18-37-8-5-6-19(37)2)40-29(34-28)33-25-17-26(32-20(3)31-25)36-12-10-35(11-13-36)9-7-27(38)39/h14-17,19,25H,4-13,18H2,1-3H3,(H,31,32)(H,33,34)(H,38,39)/t19-,25?/m1/s1. The SMILES string of the molecule is CCc1cc(F)cc(-c2nc(NC3C=C(N4CCN(CCC(=O)O)CC4)N=C(C)N3)sc2CN2CCC[C@H]2C)c1. The maximum absolute atomic E-state index is 14.5. The quantitative estimate of drug-likeness (QED) is 0.392. The smallest absolute Gasteiger partial charge is 0.304 e. The van der Waals surface area contributed by atoms with E-state index in [0.717, 1.165) is 84.2 Å². The third kappa shape index (κ3) is 7.00. The van der Waals surface area contributed by atoms with Crippen molar-refractivity contribution in [2.45, 2.75) is 65.2 Å². The second-order valence-corrected chi connectivity index (χ2v) is 12.0. The second kappa shape index (κ2) is 12.7. The monoisotopic (exact) mass is 569 g/mol. The molecule has 3 aliphatic heterocycles. The summed E-state index contributed by atoms with van der Waals surface area (Å²) >= 11 is 1.64. The molecule has 5 rings (SSSR count). The highest BCUT2D eigenvalue weighted by molar-refractivity contribution is 7.16. The zero-order chi connectivity index (χ0) is 28.2. The van der Waals surface area contributed by atoms with Crippen LogP contribution in [0.5, 0.6) is 0 Å². The van der Waals surface area contributed by atoms with Gasteiger partial charge >= 0.3 is 5.97 Å². The number of rotatable bonds is 10. The van der Waals surface area contributed by atoms with Crippen molar-refractivity contribution in [3.05, 3.63) is 46.4 Å². The third-order valence-electron chi connectivity index (χ3n) is 7.95. The summed E-state index contributed by atoms with van der Waals surface area (Å²) in [6.07, 6.45) is 5.23. The number of halogens is 1. The number of benzene rings is 1.